The second-order valence-corrected chi connectivity index (χ2v) is 7.35. The molecule has 1 N–H and O–H groups in total. The normalized spacial score (nSPS) is 14.8. The maximum Gasteiger partial charge on any atom is 0.154 e. The predicted molar refractivity (Wildman–Crippen MR) is 82.3 cm³/mol. The molecule has 2 aromatic rings. The van der Waals surface area contributed by atoms with E-state index in [-0.39, 0.29) is 0 Å². The van der Waals surface area contributed by atoms with Crippen molar-refractivity contribution in [2.75, 3.05) is 0 Å². The molecule has 0 unspecified atom stereocenters. The second kappa shape index (κ2) is 5.83. The lowest BCUT2D eigenvalue weighted by molar-refractivity contribution is 0.680. The van der Waals surface area contributed by atoms with Gasteiger partial charge in [-0.25, -0.2) is 4.98 Å². The second-order valence-electron chi connectivity index (χ2n) is 4.76. The van der Waals surface area contributed by atoms with Crippen LogP contribution < -0.4 is 5.32 Å². The molecular formula is C14H15ClN2S2. The van der Waals surface area contributed by atoms with E-state index in [0.717, 1.165) is 21.6 Å². The Morgan fingerprint density at radius 2 is 2.32 bits per heavy atom. The van der Waals surface area contributed by atoms with Crippen molar-refractivity contribution in [2.45, 2.75) is 41.6 Å². The van der Waals surface area contributed by atoms with Crippen LogP contribution in [0.4, 0.5) is 0 Å². The van der Waals surface area contributed by atoms with Crippen LogP contribution in [0.1, 0.15) is 24.1 Å². The largest absolute Gasteiger partial charge is 0.310 e. The van der Waals surface area contributed by atoms with E-state index in [1.807, 2.05) is 13.0 Å². The van der Waals surface area contributed by atoms with Crippen LogP contribution in [0.2, 0.25) is 5.02 Å². The molecule has 0 atom stereocenters. The fourth-order valence-electron chi connectivity index (χ4n) is 1.80. The molecule has 0 amide bonds. The van der Waals surface area contributed by atoms with Crippen LogP contribution in [-0.4, -0.2) is 11.0 Å². The molecule has 1 heterocycles. The lowest BCUT2D eigenvalue weighted by atomic mass is 10.2. The molecule has 1 aromatic heterocycles. The van der Waals surface area contributed by atoms with Gasteiger partial charge in [-0.3, -0.25) is 0 Å². The predicted octanol–water partition coefficient (Wildman–Crippen LogP) is 4.51. The molecule has 1 aliphatic carbocycles. The Balaban J connectivity index is 1.77. The van der Waals surface area contributed by atoms with Crippen molar-refractivity contribution in [1.82, 2.24) is 10.3 Å². The number of halogens is 1. The fraction of sp³-hybridized carbons (Fsp3) is 0.357. The molecule has 1 aromatic carbocycles. The summed E-state index contributed by atoms with van der Waals surface area (Å²) in [4.78, 5) is 5.75. The summed E-state index contributed by atoms with van der Waals surface area (Å²) in [6.45, 7) is 2.91. The van der Waals surface area contributed by atoms with Crippen molar-refractivity contribution < 1.29 is 0 Å². The van der Waals surface area contributed by atoms with Gasteiger partial charge in [0.1, 0.15) is 0 Å². The molecule has 1 saturated carbocycles. The molecule has 1 aliphatic rings. The van der Waals surface area contributed by atoms with Gasteiger partial charge in [-0.1, -0.05) is 23.4 Å². The zero-order valence-corrected chi connectivity index (χ0v) is 13.0. The first-order chi connectivity index (χ1) is 9.20. The van der Waals surface area contributed by atoms with Crippen LogP contribution in [0.15, 0.2) is 32.8 Å². The summed E-state index contributed by atoms with van der Waals surface area (Å²) in [6, 6.07) is 6.80. The van der Waals surface area contributed by atoms with Gasteiger partial charge in [0.05, 0.1) is 0 Å². The van der Waals surface area contributed by atoms with E-state index < -0.39 is 0 Å². The number of nitrogens with one attached hydrogen (secondary N) is 1. The first-order valence-electron chi connectivity index (χ1n) is 6.32. The molecule has 0 radical (unpaired) electrons. The molecule has 0 bridgehead atoms. The highest BCUT2D eigenvalue weighted by atomic mass is 35.5. The summed E-state index contributed by atoms with van der Waals surface area (Å²) in [6.07, 6.45) is 2.60. The number of rotatable bonds is 5. The summed E-state index contributed by atoms with van der Waals surface area (Å²) in [5.41, 5.74) is 2.34. The van der Waals surface area contributed by atoms with Crippen LogP contribution in [0.3, 0.4) is 0 Å². The molecule has 0 aliphatic heterocycles. The number of benzene rings is 1. The Morgan fingerprint density at radius 3 is 3.00 bits per heavy atom. The summed E-state index contributed by atoms with van der Waals surface area (Å²) in [7, 11) is 0. The first-order valence-corrected chi connectivity index (χ1v) is 8.40. The molecule has 19 heavy (non-hydrogen) atoms. The van der Waals surface area contributed by atoms with E-state index in [4.69, 9.17) is 11.6 Å². The maximum absolute atomic E-state index is 6.10. The van der Waals surface area contributed by atoms with E-state index in [1.54, 1.807) is 23.1 Å². The van der Waals surface area contributed by atoms with Crippen molar-refractivity contribution in [2.24, 2.45) is 0 Å². The lowest BCUT2D eigenvalue weighted by Crippen LogP contribution is -2.15. The Hall–Kier alpha value is -0.550. The molecular weight excluding hydrogens is 296 g/mol. The summed E-state index contributed by atoms with van der Waals surface area (Å²) in [5, 5.41) is 6.42. The zero-order valence-electron chi connectivity index (χ0n) is 10.6. The molecule has 100 valence electrons. The number of hydrogen-bond donors (Lipinski definition) is 1. The van der Waals surface area contributed by atoms with Crippen molar-refractivity contribution in [3.05, 3.63) is 39.9 Å². The number of aryl methyl sites for hydroxylation is 1. The topological polar surface area (TPSA) is 24.9 Å². The minimum atomic E-state index is 0.707. The van der Waals surface area contributed by atoms with Gasteiger partial charge in [-0.15, -0.1) is 11.3 Å². The van der Waals surface area contributed by atoms with Crippen LogP contribution in [0.25, 0.3) is 0 Å². The third-order valence-corrected chi connectivity index (χ3v) is 5.39. The third-order valence-electron chi connectivity index (χ3n) is 2.98. The summed E-state index contributed by atoms with van der Waals surface area (Å²) >= 11 is 9.52. The molecule has 3 rings (SSSR count). The Bertz CT molecular complexity index is 579. The van der Waals surface area contributed by atoms with Gasteiger partial charge in [-0.2, -0.15) is 0 Å². The number of hydrogen-bond acceptors (Lipinski definition) is 4. The highest BCUT2D eigenvalue weighted by Gasteiger charge is 2.20. The maximum atomic E-state index is 6.10. The number of thiazole rings is 1. The van der Waals surface area contributed by atoms with Gasteiger partial charge in [0.2, 0.25) is 0 Å². The SMILES string of the molecule is Cc1csc(Sc2ccc(Cl)cc2CNC2CC2)n1. The first kappa shape index (κ1) is 13.4. The molecule has 2 nitrogen and oxygen atoms in total. The van der Waals surface area contributed by atoms with Crippen LogP contribution in [0.5, 0.6) is 0 Å². The highest BCUT2D eigenvalue weighted by molar-refractivity contribution is 8.01. The van der Waals surface area contributed by atoms with Gasteiger partial charge >= 0.3 is 0 Å². The summed E-state index contributed by atoms with van der Waals surface area (Å²) in [5.74, 6) is 0. The average molecular weight is 311 g/mol. The Morgan fingerprint density at radius 1 is 1.47 bits per heavy atom. The minimum Gasteiger partial charge on any atom is -0.310 e. The average Bonchev–Trinajstić information content (AvgIpc) is 3.13. The van der Waals surface area contributed by atoms with Crippen LogP contribution in [0, 0.1) is 6.92 Å². The lowest BCUT2D eigenvalue weighted by Gasteiger charge is -2.09. The number of aromatic nitrogens is 1. The fourth-order valence-corrected chi connectivity index (χ4v) is 3.90. The van der Waals surface area contributed by atoms with Gasteiger partial charge in [0, 0.05) is 33.6 Å². The third kappa shape index (κ3) is 3.72. The molecule has 0 spiro atoms. The summed E-state index contributed by atoms with van der Waals surface area (Å²) < 4.78 is 1.09. The highest BCUT2D eigenvalue weighted by Crippen LogP contribution is 2.34. The van der Waals surface area contributed by atoms with Gasteiger partial charge < -0.3 is 5.32 Å². The Labute approximate surface area is 126 Å². The van der Waals surface area contributed by atoms with Crippen molar-refractivity contribution in [1.29, 1.82) is 0 Å². The standard InChI is InChI=1S/C14H15ClN2S2/c1-9-8-18-14(17-9)19-13-5-2-11(15)6-10(13)7-16-12-3-4-12/h2,5-6,8,12,16H,3-4,7H2,1H3. The van der Waals surface area contributed by atoms with Crippen molar-refractivity contribution in [3.63, 3.8) is 0 Å². The van der Waals surface area contributed by atoms with Crippen molar-refractivity contribution >= 4 is 34.7 Å². The monoisotopic (exact) mass is 310 g/mol. The van der Waals surface area contributed by atoms with E-state index in [0.29, 0.717) is 6.04 Å². The van der Waals surface area contributed by atoms with E-state index in [1.165, 1.54) is 23.3 Å². The van der Waals surface area contributed by atoms with Crippen LogP contribution >= 0.6 is 34.7 Å². The van der Waals surface area contributed by atoms with Crippen LogP contribution in [-0.2, 0) is 6.54 Å². The van der Waals surface area contributed by atoms with E-state index in [2.05, 4.69) is 27.8 Å². The quantitative estimate of drug-likeness (QED) is 0.879. The number of nitrogens with zero attached hydrogens (tertiary/aromatic N) is 1. The molecule has 0 saturated heterocycles. The van der Waals surface area contributed by atoms with Gasteiger partial charge in [0.15, 0.2) is 4.34 Å². The minimum absolute atomic E-state index is 0.707. The van der Waals surface area contributed by atoms with E-state index >= 15 is 0 Å². The Kier molecular flexibility index (Phi) is 4.12. The smallest absolute Gasteiger partial charge is 0.154 e. The van der Waals surface area contributed by atoms with Crippen molar-refractivity contribution in [3.8, 4) is 0 Å². The molecule has 1 fully saturated rings. The van der Waals surface area contributed by atoms with Gasteiger partial charge in [0.25, 0.3) is 0 Å². The zero-order chi connectivity index (χ0) is 13.2. The molecule has 5 heteroatoms. The van der Waals surface area contributed by atoms with E-state index in [9.17, 15) is 0 Å². The van der Waals surface area contributed by atoms with Gasteiger partial charge in [-0.05, 0) is 43.5 Å².